The quantitative estimate of drug-likeness (QED) is 0.365. The Morgan fingerprint density at radius 1 is 1.18 bits per heavy atom. The molecule has 0 fully saturated rings. The Balaban J connectivity index is 3.21. The van der Waals surface area contributed by atoms with E-state index in [4.69, 9.17) is 10.6 Å². The third-order valence-electron chi connectivity index (χ3n) is 1.28. The molecule has 0 rings (SSSR count). The average Bonchev–Trinajstić information content (AvgIpc) is 1.98. The summed E-state index contributed by atoms with van der Waals surface area (Å²) < 4.78 is 0. The van der Waals surface area contributed by atoms with Crippen LogP contribution in [0.2, 0.25) is 0 Å². The fraction of sp³-hybridized carbons (Fsp3) is 1.00. The second-order valence-electron chi connectivity index (χ2n) is 2.40. The molecule has 11 heavy (non-hydrogen) atoms. The van der Waals surface area contributed by atoms with Gasteiger partial charge in [0.1, 0.15) is 6.23 Å². The monoisotopic (exact) mass is 163 g/mol. The Morgan fingerprint density at radius 3 is 2.09 bits per heavy atom. The van der Waals surface area contributed by atoms with Gasteiger partial charge in [-0.05, 0) is 19.8 Å². The lowest BCUT2D eigenvalue weighted by atomic mass is 10.2. The van der Waals surface area contributed by atoms with Crippen molar-refractivity contribution in [1.82, 2.24) is 0 Å². The molecule has 2 N–H and O–H groups in total. The van der Waals surface area contributed by atoms with Crippen LogP contribution < -0.4 is 5.73 Å². The van der Waals surface area contributed by atoms with Crippen molar-refractivity contribution < 1.29 is 14.8 Å². The predicted octanol–water partition coefficient (Wildman–Crippen LogP) is 1.36. The highest BCUT2D eigenvalue weighted by Crippen LogP contribution is 2.03. The van der Waals surface area contributed by atoms with E-state index in [0.717, 1.165) is 12.8 Å². The molecule has 0 aliphatic carbocycles. The molecule has 0 aliphatic heterocycles. The van der Waals surface area contributed by atoms with Gasteiger partial charge >= 0.3 is 0 Å². The molecule has 0 spiro atoms. The van der Waals surface area contributed by atoms with Crippen LogP contribution in [0.4, 0.5) is 0 Å². The number of nitrogens with two attached hydrogens (primary N) is 1. The van der Waals surface area contributed by atoms with Gasteiger partial charge in [-0.3, -0.25) is 0 Å². The van der Waals surface area contributed by atoms with Gasteiger partial charge in [-0.15, -0.1) is 0 Å². The maximum Gasteiger partial charge on any atom is 0.141 e. The van der Waals surface area contributed by atoms with Gasteiger partial charge < -0.3 is 5.73 Å². The molecule has 0 saturated carbocycles. The van der Waals surface area contributed by atoms with Crippen LogP contribution in [0.5, 0.6) is 0 Å². The van der Waals surface area contributed by atoms with Gasteiger partial charge in [0.2, 0.25) is 0 Å². The lowest BCUT2D eigenvalue weighted by Gasteiger charge is -2.11. The first-order chi connectivity index (χ1) is 5.20. The second kappa shape index (κ2) is 6.54. The van der Waals surface area contributed by atoms with Crippen molar-refractivity contribution in [1.29, 1.82) is 0 Å². The Morgan fingerprint density at radius 2 is 1.73 bits per heavy atom. The smallest absolute Gasteiger partial charge is 0.141 e. The van der Waals surface area contributed by atoms with Gasteiger partial charge in [0, 0.05) is 0 Å². The molecular formula is C7H17NO3. The van der Waals surface area contributed by atoms with Crippen molar-refractivity contribution in [3.8, 4) is 0 Å². The molecule has 0 radical (unpaired) electrons. The summed E-state index contributed by atoms with van der Waals surface area (Å²) in [6.07, 6.45) is 1.44. The molecule has 4 nitrogen and oxygen atoms in total. The lowest BCUT2D eigenvalue weighted by molar-refractivity contribution is -0.537. The van der Waals surface area contributed by atoms with Gasteiger partial charge in [0.05, 0.1) is 6.10 Å². The molecule has 0 aromatic heterocycles. The van der Waals surface area contributed by atoms with E-state index in [-0.39, 0.29) is 6.10 Å². The van der Waals surface area contributed by atoms with Gasteiger partial charge in [-0.2, -0.15) is 4.89 Å². The Hall–Kier alpha value is -0.160. The van der Waals surface area contributed by atoms with E-state index in [1.807, 2.05) is 13.8 Å². The second-order valence-corrected chi connectivity index (χ2v) is 2.40. The first-order valence-electron chi connectivity index (χ1n) is 3.95. The van der Waals surface area contributed by atoms with Crippen molar-refractivity contribution >= 4 is 0 Å². The summed E-state index contributed by atoms with van der Waals surface area (Å²) in [4.78, 5) is 9.38. The number of hydrogen-bond acceptors (Lipinski definition) is 4. The van der Waals surface area contributed by atoms with E-state index >= 15 is 0 Å². The number of hydrogen-bond donors (Lipinski definition) is 1. The van der Waals surface area contributed by atoms with Crippen LogP contribution in [0, 0.1) is 0 Å². The molecule has 4 heteroatoms. The summed E-state index contributed by atoms with van der Waals surface area (Å²) in [6, 6.07) is 0. The van der Waals surface area contributed by atoms with E-state index < -0.39 is 6.23 Å². The van der Waals surface area contributed by atoms with Gasteiger partial charge in [-0.1, -0.05) is 18.9 Å². The van der Waals surface area contributed by atoms with E-state index in [2.05, 4.69) is 9.93 Å². The zero-order valence-electron chi connectivity index (χ0n) is 7.37. The molecule has 0 heterocycles. The standard InChI is InChI=1S/C7H17NO3/c1-4-7(5-2)10-11-9-6(3)8/h6-7H,4-5,8H2,1-3H3. The van der Waals surface area contributed by atoms with Crippen molar-refractivity contribution in [2.45, 2.75) is 45.9 Å². The maximum atomic E-state index is 5.23. The largest absolute Gasteiger partial charge is 0.304 e. The van der Waals surface area contributed by atoms with E-state index in [1.165, 1.54) is 0 Å². The van der Waals surface area contributed by atoms with Crippen LogP contribution in [0.15, 0.2) is 0 Å². The highest BCUT2D eigenvalue weighted by molar-refractivity contribution is 4.46. The van der Waals surface area contributed by atoms with E-state index in [1.54, 1.807) is 6.92 Å². The maximum absolute atomic E-state index is 5.23. The molecule has 1 atom stereocenters. The molecule has 0 aromatic carbocycles. The van der Waals surface area contributed by atoms with E-state index in [9.17, 15) is 0 Å². The van der Waals surface area contributed by atoms with Crippen LogP contribution in [0.3, 0.4) is 0 Å². The SMILES string of the molecule is CCC(CC)OOOC(C)N. The van der Waals surface area contributed by atoms with Crippen molar-refractivity contribution in [2.75, 3.05) is 0 Å². The van der Waals surface area contributed by atoms with Gasteiger partial charge in [0.15, 0.2) is 0 Å². The molecule has 1 unspecified atom stereocenters. The molecule has 0 aromatic rings. The summed E-state index contributed by atoms with van der Waals surface area (Å²) >= 11 is 0. The molecule has 0 amide bonds. The minimum atomic E-state index is -0.454. The third-order valence-corrected chi connectivity index (χ3v) is 1.28. The van der Waals surface area contributed by atoms with Crippen LogP contribution >= 0.6 is 0 Å². The summed E-state index contributed by atoms with van der Waals surface area (Å²) in [7, 11) is 0. The van der Waals surface area contributed by atoms with Gasteiger partial charge in [-0.25, -0.2) is 4.89 Å². The van der Waals surface area contributed by atoms with Crippen LogP contribution in [0.1, 0.15) is 33.6 Å². The van der Waals surface area contributed by atoms with Crippen LogP contribution in [0.25, 0.3) is 0 Å². The zero-order valence-corrected chi connectivity index (χ0v) is 7.37. The summed E-state index contributed by atoms with van der Waals surface area (Å²) in [6.45, 7) is 5.70. The van der Waals surface area contributed by atoms with Crippen LogP contribution in [-0.4, -0.2) is 12.3 Å². The first-order valence-corrected chi connectivity index (χ1v) is 3.95. The number of rotatable bonds is 6. The zero-order chi connectivity index (χ0) is 8.69. The first kappa shape index (κ1) is 10.8. The normalized spacial score (nSPS) is 13.9. The van der Waals surface area contributed by atoms with E-state index in [0.29, 0.717) is 0 Å². The molecule has 0 aliphatic rings. The van der Waals surface area contributed by atoms with Crippen LogP contribution in [-0.2, 0) is 14.8 Å². The fourth-order valence-electron chi connectivity index (χ4n) is 0.565. The summed E-state index contributed by atoms with van der Waals surface area (Å²) in [5, 5.41) is 4.41. The average molecular weight is 163 g/mol. The molecular weight excluding hydrogens is 146 g/mol. The van der Waals surface area contributed by atoms with Crippen molar-refractivity contribution in [3.05, 3.63) is 0 Å². The highest BCUT2D eigenvalue weighted by atomic mass is 17.5. The van der Waals surface area contributed by atoms with Gasteiger partial charge in [0.25, 0.3) is 0 Å². The Kier molecular flexibility index (Phi) is 6.45. The molecule has 0 saturated heterocycles. The summed E-state index contributed by atoms with van der Waals surface area (Å²) in [5.74, 6) is 0. The van der Waals surface area contributed by atoms with Crippen molar-refractivity contribution in [3.63, 3.8) is 0 Å². The lowest BCUT2D eigenvalue weighted by Crippen LogP contribution is -2.21. The minimum absolute atomic E-state index is 0.0914. The fourth-order valence-corrected chi connectivity index (χ4v) is 0.565. The molecule has 68 valence electrons. The minimum Gasteiger partial charge on any atom is -0.304 e. The topological polar surface area (TPSA) is 53.7 Å². The molecule has 0 bridgehead atoms. The van der Waals surface area contributed by atoms with Crippen molar-refractivity contribution in [2.24, 2.45) is 5.73 Å². The third kappa shape index (κ3) is 6.25. The highest BCUT2D eigenvalue weighted by Gasteiger charge is 2.04. The predicted molar refractivity (Wildman–Crippen MR) is 41.3 cm³/mol. The summed E-state index contributed by atoms with van der Waals surface area (Å²) in [5.41, 5.74) is 5.23. The Labute approximate surface area is 67.5 Å². The Bertz CT molecular complexity index is 83.8.